The van der Waals surface area contributed by atoms with Crippen LogP contribution in [0.4, 0.5) is 5.69 Å². The Morgan fingerprint density at radius 2 is 1.81 bits per heavy atom. The summed E-state index contributed by atoms with van der Waals surface area (Å²) in [6.07, 6.45) is 0. The highest BCUT2D eigenvalue weighted by Gasteiger charge is 2.12. The number of benzene rings is 3. The third-order valence-electron chi connectivity index (χ3n) is 4.13. The Kier molecular flexibility index (Phi) is 4.19. The number of rotatable bonds is 3. The summed E-state index contributed by atoms with van der Waals surface area (Å²) in [5, 5.41) is 3.46. The fourth-order valence-electron chi connectivity index (χ4n) is 2.74. The van der Waals surface area contributed by atoms with E-state index in [0.717, 1.165) is 11.1 Å². The van der Waals surface area contributed by atoms with Crippen molar-refractivity contribution in [3.8, 4) is 11.5 Å². The number of fused-ring (bicyclic) bond motifs is 1. The highest BCUT2D eigenvalue weighted by atomic mass is 35.5. The Morgan fingerprint density at radius 1 is 1.04 bits per heavy atom. The Labute approximate surface area is 155 Å². The van der Waals surface area contributed by atoms with E-state index in [1.165, 1.54) is 0 Å². The van der Waals surface area contributed by atoms with Crippen molar-refractivity contribution in [3.05, 3.63) is 82.9 Å². The van der Waals surface area contributed by atoms with Crippen molar-refractivity contribution in [1.82, 2.24) is 4.98 Å². The molecule has 0 aliphatic rings. The van der Waals surface area contributed by atoms with E-state index in [0.29, 0.717) is 33.3 Å². The molecule has 0 saturated heterocycles. The van der Waals surface area contributed by atoms with Crippen molar-refractivity contribution in [1.29, 1.82) is 0 Å². The van der Waals surface area contributed by atoms with Gasteiger partial charge in [0, 0.05) is 21.8 Å². The van der Waals surface area contributed by atoms with Gasteiger partial charge in [-0.05, 0) is 61.0 Å². The maximum absolute atomic E-state index is 12.3. The number of halogens is 1. The molecule has 0 bridgehead atoms. The molecule has 4 nitrogen and oxygen atoms in total. The number of nitrogens with one attached hydrogen (secondary N) is 1. The molecule has 1 aromatic heterocycles. The molecule has 4 rings (SSSR count). The fourth-order valence-corrected chi connectivity index (χ4v) is 2.86. The molecule has 3 aromatic carbocycles. The van der Waals surface area contributed by atoms with Crippen LogP contribution in [0.3, 0.4) is 0 Å². The van der Waals surface area contributed by atoms with Crippen molar-refractivity contribution >= 4 is 34.3 Å². The lowest BCUT2D eigenvalue weighted by Crippen LogP contribution is -2.11. The third kappa shape index (κ3) is 3.19. The van der Waals surface area contributed by atoms with E-state index in [1.807, 2.05) is 37.3 Å². The van der Waals surface area contributed by atoms with Crippen molar-refractivity contribution in [2.75, 3.05) is 5.32 Å². The quantitative estimate of drug-likeness (QED) is 0.508. The molecule has 4 aromatic rings. The van der Waals surface area contributed by atoms with Gasteiger partial charge in [0.05, 0.1) is 0 Å². The first-order chi connectivity index (χ1) is 12.6. The summed E-state index contributed by atoms with van der Waals surface area (Å²) in [7, 11) is 0. The number of carbonyl (C=O) groups is 1. The zero-order chi connectivity index (χ0) is 18.1. The topological polar surface area (TPSA) is 55.1 Å². The van der Waals surface area contributed by atoms with Crippen LogP contribution in [-0.4, -0.2) is 10.9 Å². The van der Waals surface area contributed by atoms with Crippen LogP contribution in [0.5, 0.6) is 0 Å². The molecule has 5 heteroatoms. The predicted octanol–water partition coefficient (Wildman–Crippen LogP) is 5.71. The van der Waals surface area contributed by atoms with Crippen LogP contribution in [0.25, 0.3) is 22.6 Å². The van der Waals surface area contributed by atoms with Crippen LogP contribution in [0, 0.1) is 6.92 Å². The number of aryl methyl sites for hydroxylation is 1. The number of oxazole rings is 1. The first kappa shape index (κ1) is 16.4. The van der Waals surface area contributed by atoms with Crippen LogP contribution < -0.4 is 5.32 Å². The number of amides is 1. The van der Waals surface area contributed by atoms with Gasteiger partial charge in [0.2, 0.25) is 5.89 Å². The van der Waals surface area contributed by atoms with E-state index in [2.05, 4.69) is 10.3 Å². The largest absolute Gasteiger partial charge is 0.436 e. The van der Waals surface area contributed by atoms with Gasteiger partial charge in [0.15, 0.2) is 5.58 Å². The summed E-state index contributed by atoms with van der Waals surface area (Å²) in [5.74, 6) is 0.364. The van der Waals surface area contributed by atoms with Crippen molar-refractivity contribution in [3.63, 3.8) is 0 Å². The van der Waals surface area contributed by atoms with Gasteiger partial charge >= 0.3 is 0 Å². The van der Waals surface area contributed by atoms with Crippen molar-refractivity contribution < 1.29 is 9.21 Å². The van der Waals surface area contributed by atoms with Crippen LogP contribution >= 0.6 is 11.6 Å². The molecular formula is C21H15ClN2O2. The molecule has 0 atom stereocenters. The molecule has 0 unspecified atom stereocenters. The lowest BCUT2D eigenvalue weighted by Gasteiger charge is -2.05. The molecule has 0 aliphatic heterocycles. The smallest absolute Gasteiger partial charge is 0.255 e. The third-order valence-corrected chi connectivity index (χ3v) is 4.38. The number of carbonyl (C=O) groups excluding carboxylic acids is 1. The second-order valence-electron chi connectivity index (χ2n) is 5.98. The molecule has 0 spiro atoms. The minimum Gasteiger partial charge on any atom is -0.436 e. The number of nitrogens with zero attached hydrogens (tertiary/aromatic N) is 1. The molecule has 1 N–H and O–H groups in total. The Balaban J connectivity index is 1.62. The minimum absolute atomic E-state index is 0.205. The summed E-state index contributed by atoms with van der Waals surface area (Å²) < 4.78 is 5.85. The average Bonchev–Trinajstić information content (AvgIpc) is 3.05. The average molecular weight is 363 g/mol. The fraction of sp³-hybridized carbons (Fsp3) is 0.0476. The second-order valence-corrected chi connectivity index (χ2v) is 6.41. The lowest BCUT2D eigenvalue weighted by molar-refractivity contribution is 0.102. The lowest BCUT2D eigenvalue weighted by atomic mass is 10.1. The molecule has 1 amide bonds. The van der Waals surface area contributed by atoms with E-state index >= 15 is 0 Å². The van der Waals surface area contributed by atoms with E-state index in [9.17, 15) is 4.79 Å². The number of hydrogen-bond acceptors (Lipinski definition) is 3. The van der Waals surface area contributed by atoms with Gasteiger partial charge in [-0.1, -0.05) is 29.8 Å². The highest BCUT2D eigenvalue weighted by molar-refractivity contribution is 6.30. The molecule has 0 fully saturated rings. The first-order valence-electron chi connectivity index (χ1n) is 8.14. The second kappa shape index (κ2) is 6.65. The van der Waals surface area contributed by atoms with E-state index in [1.54, 1.807) is 36.4 Å². The van der Waals surface area contributed by atoms with Crippen LogP contribution in [0.15, 0.2) is 71.1 Å². The van der Waals surface area contributed by atoms with Crippen LogP contribution in [0.2, 0.25) is 5.02 Å². The predicted molar refractivity (Wildman–Crippen MR) is 104 cm³/mol. The number of hydrogen-bond donors (Lipinski definition) is 1. The minimum atomic E-state index is -0.205. The number of anilines is 1. The van der Waals surface area contributed by atoms with E-state index in [-0.39, 0.29) is 5.91 Å². The Hall–Kier alpha value is -3.11. The number of aromatic nitrogens is 1. The van der Waals surface area contributed by atoms with Crippen LogP contribution in [0.1, 0.15) is 15.9 Å². The van der Waals surface area contributed by atoms with Gasteiger partial charge in [-0.3, -0.25) is 4.79 Å². The monoisotopic (exact) mass is 362 g/mol. The normalized spacial score (nSPS) is 10.8. The molecule has 0 saturated carbocycles. The summed E-state index contributed by atoms with van der Waals surface area (Å²) >= 11 is 5.86. The maximum Gasteiger partial charge on any atom is 0.255 e. The van der Waals surface area contributed by atoms with Gasteiger partial charge in [0.25, 0.3) is 5.91 Å². The van der Waals surface area contributed by atoms with Crippen molar-refractivity contribution in [2.24, 2.45) is 0 Å². The zero-order valence-corrected chi connectivity index (χ0v) is 14.7. The molecule has 26 heavy (non-hydrogen) atoms. The standard InChI is InChI=1S/C21H15ClN2O2/c1-13-4-2-3-5-17(13)21-24-18-12-16(10-11-19(18)26-21)23-20(25)14-6-8-15(22)9-7-14/h2-12H,1H3,(H,23,25). The summed E-state index contributed by atoms with van der Waals surface area (Å²) in [6, 6.07) is 20.1. The van der Waals surface area contributed by atoms with Crippen molar-refractivity contribution in [2.45, 2.75) is 6.92 Å². The van der Waals surface area contributed by atoms with Gasteiger partial charge in [-0.15, -0.1) is 0 Å². The Morgan fingerprint density at radius 3 is 2.58 bits per heavy atom. The van der Waals surface area contributed by atoms with E-state index in [4.69, 9.17) is 16.0 Å². The van der Waals surface area contributed by atoms with Gasteiger partial charge in [-0.25, -0.2) is 4.98 Å². The zero-order valence-electron chi connectivity index (χ0n) is 14.0. The summed E-state index contributed by atoms with van der Waals surface area (Å²) in [5.41, 5.74) is 4.60. The SMILES string of the molecule is Cc1ccccc1-c1nc2cc(NC(=O)c3ccc(Cl)cc3)ccc2o1. The maximum atomic E-state index is 12.3. The first-order valence-corrected chi connectivity index (χ1v) is 8.51. The van der Waals surface area contributed by atoms with Gasteiger partial charge in [0.1, 0.15) is 5.52 Å². The van der Waals surface area contributed by atoms with E-state index < -0.39 is 0 Å². The molecule has 0 aliphatic carbocycles. The van der Waals surface area contributed by atoms with Gasteiger partial charge in [-0.2, -0.15) is 0 Å². The van der Waals surface area contributed by atoms with Gasteiger partial charge < -0.3 is 9.73 Å². The highest BCUT2D eigenvalue weighted by Crippen LogP contribution is 2.28. The molecular weight excluding hydrogens is 348 g/mol. The molecule has 1 heterocycles. The summed E-state index contributed by atoms with van der Waals surface area (Å²) in [4.78, 5) is 16.9. The molecule has 0 radical (unpaired) electrons. The summed E-state index contributed by atoms with van der Waals surface area (Å²) in [6.45, 7) is 2.02. The van der Waals surface area contributed by atoms with Crippen LogP contribution in [-0.2, 0) is 0 Å². The Bertz CT molecular complexity index is 1100. The molecule has 128 valence electrons.